The van der Waals surface area contributed by atoms with Crippen molar-refractivity contribution in [3.05, 3.63) is 101 Å². The third kappa shape index (κ3) is 6.00. The average molecular weight is 442 g/mol. The molecular weight excluding hydrogens is 422 g/mol. The molecule has 154 valence electrons. The smallest absolute Gasteiger partial charge is 0.255 e. The van der Waals surface area contributed by atoms with Gasteiger partial charge in [0.05, 0.1) is 17.7 Å². The van der Waals surface area contributed by atoms with Gasteiger partial charge in [-0.3, -0.25) is 4.79 Å². The van der Waals surface area contributed by atoms with Crippen molar-refractivity contribution in [2.75, 3.05) is 6.54 Å². The average Bonchev–Trinajstić information content (AvgIpc) is 2.76. The van der Waals surface area contributed by atoms with Crippen molar-refractivity contribution in [2.24, 2.45) is 5.10 Å². The Kier molecular flexibility index (Phi) is 7.35. The molecule has 3 rings (SSSR count). The van der Waals surface area contributed by atoms with E-state index in [-0.39, 0.29) is 18.0 Å². The maximum absolute atomic E-state index is 13.1. The Morgan fingerprint density at radius 3 is 2.17 bits per heavy atom. The van der Waals surface area contributed by atoms with Crippen molar-refractivity contribution < 1.29 is 13.2 Å². The van der Waals surface area contributed by atoms with E-state index in [4.69, 9.17) is 11.6 Å². The maximum atomic E-state index is 13.1. The molecule has 0 saturated carbocycles. The van der Waals surface area contributed by atoms with Crippen LogP contribution in [-0.2, 0) is 21.4 Å². The minimum absolute atomic E-state index is 0.0181. The molecule has 0 aliphatic rings. The summed E-state index contributed by atoms with van der Waals surface area (Å²) in [6.45, 7) is -0.365. The molecular formula is C22H20ClN3O3S. The van der Waals surface area contributed by atoms with Crippen molar-refractivity contribution in [3.63, 3.8) is 0 Å². The molecule has 3 aromatic carbocycles. The number of nitrogens with zero attached hydrogens (tertiary/aromatic N) is 2. The van der Waals surface area contributed by atoms with E-state index in [0.717, 1.165) is 9.87 Å². The standard InChI is InChI=1S/C22H20ClN3O3S/c23-20-13-11-19(12-14-20)16-26(30(28,29)21-9-5-2-6-10-21)17-22(27)25-24-15-18-7-3-1-4-8-18/h1-15H,16-17H2,(H,25,27)/b24-15+. The van der Waals surface area contributed by atoms with E-state index < -0.39 is 15.9 Å². The molecule has 30 heavy (non-hydrogen) atoms. The van der Waals surface area contributed by atoms with Gasteiger partial charge in [-0.15, -0.1) is 0 Å². The van der Waals surface area contributed by atoms with Crippen LogP contribution in [0.4, 0.5) is 0 Å². The summed E-state index contributed by atoms with van der Waals surface area (Å²) >= 11 is 5.91. The molecule has 0 aromatic heterocycles. The lowest BCUT2D eigenvalue weighted by Crippen LogP contribution is -2.39. The third-order valence-corrected chi connectivity index (χ3v) is 6.23. The normalized spacial score (nSPS) is 11.7. The van der Waals surface area contributed by atoms with Gasteiger partial charge in [-0.05, 0) is 35.4 Å². The Hall–Kier alpha value is -3.00. The molecule has 3 aromatic rings. The molecule has 0 heterocycles. The number of carbonyl (C=O) groups is 1. The van der Waals surface area contributed by atoms with E-state index in [0.29, 0.717) is 10.6 Å². The molecule has 0 radical (unpaired) electrons. The Morgan fingerprint density at radius 2 is 1.53 bits per heavy atom. The van der Waals surface area contributed by atoms with Crippen molar-refractivity contribution in [1.29, 1.82) is 0 Å². The van der Waals surface area contributed by atoms with Crippen LogP contribution in [0.25, 0.3) is 0 Å². The number of sulfonamides is 1. The first-order valence-corrected chi connectivity index (χ1v) is 10.9. The molecule has 0 saturated heterocycles. The van der Waals surface area contributed by atoms with Crippen molar-refractivity contribution in [3.8, 4) is 0 Å². The molecule has 0 aliphatic carbocycles. The van der Waals surface area contributed by atoms with Gasteiger partial charge in [0.1, 0.15) is 0 Å². The Morgan fingerprint density at radius 1 is 0.933 bits per heavy atom. The molecule has 0 unspecified atom stereocenters. The van der Waals surface area contributed by atoms with Crippen LogP contribution in [-0.4, -0.2) is 31.4 Å². The fraction of sp³-hybridized carbons (Fsp3) is 0.0909. The molecule has 1 N–H and O–H groups in total. The summed E-state index contributed by atoms with van der Waals surface area (Å²) in [6, 6.07) is 24.0. The monoisotopic (exact) mass is 441 g/mol. The Balaban J connectivity index is 1.77. The number of hydrazone groups is 1. The second kappa shape index (κ2) is 10.2. The number of nitrogens with one attached hydrogen (secondary N) is 1. The predicted molar refractivity (Wildman–Crippen MR) is 118 cm³/mol. The third-order valence-electron chi connectivity index (χ3n) is 4.18. The lowest BCUT2D eigenvalue weighted by atomic mass is 10.2. The van der Waals surface area contributed by atoms with E-state index in [9.17, 15) is 13.2 Å². The minimum Gasteiger partial charge on any atom is -0.272 e. The van der Waals surface area contributed by atoms with E-state index in [1.807, 2.05) is 30.3 Å². The summed E-state index contributed by atoms with van der Waals surface area (Å²) in [4.78, 5) is 12.5. The molecule has 8 heteroatoms. The van der Waals surface area contributed by atoms with Gasteiger partial charge in [0.25, 0.3) is 5.91 Å². The summed E-state index contributed by atoms with van der Waals surface area (Å²) in [7, 11) is -3.89. The van der Waals surface area contributed by atoms with Crippen molar-refractivity contribution in [1.82, 2.24) is 9.73 Å². The van der Waals surface area contributed by atoms with Gasteiger partial charge in [-0.1, -0.05) is 72.3 Å². The van der Waals surface area contributed by atoms with Crippen LogP contribution >= 0.6 is 11.6 Å². The molecule has 0 bridgehead atoms. The van der Waals surface area contributed by atoms with Crippen molar-refractivity contribution in [2.45, 2.75) is 11.4 Å². The van der Waals surface area contributed by atoms with Crippen LogP contribution in [0, 0.1) is 0 Å². The number of carbonyl (C=O) groups excluding carboxylic acids is 1. The lowest BCUT2D eigenvalue weighted by Gasteiger charge is -2.21. The van der Waals surface area contributed by atoms with E-state index in [1.54, 1.807) is 42.5 Å². The maximum Gasteiger partial charge on any atom is 0.255 e. The SMILES string of the molecule is O=C(CN(Cc1ccc(Cl)cc1)S(=O)(=O)c1ccccc1)N/N=C/c1ccccc1. The zero-order chi connectivity index (χ0) is 21.4. The minimum atomic E-state index is -3.89. The molecule has 0 aliphatic heterocycles. The number of hydrogen-bond donors (Lipinski definition) is 1. The first kappa shape index (κ1) is 21.7. The molecule has 0 fully saturated rings. The summed E-state index contributed by atoms with van der Waals surface area (Å²) in [6.07, 6.45) is 1.49. The Bertz CT molecular complexity index is 1100. The van der Waals surface area contributed by atoms with Crippen LogP contribution in [0.3, 0.4) is 0 Å². The first-order valence-electron chi connectivity index (χ1n) is 9.12. The van der Waals surface area contributed by atoms with Gasteiger partial charge in [0.15, 0.2) is 0 Å². The number of amides is 1. The fourth-order valence-electron chi connectivity index (χ4n) is 2.67. The highest BCUT2D eigenvalue weighted by Crippen LogP contribution is 2.19. The van der Waals surface area contributed by atoms with Gasteiger partial charge < -0.3 is 0 Å². The molecule has 0 atom stereocenters. The quantitative estimate of drug-likeness (QED) is 0.427. The number of hydrogen-bond acceptors (Lipinski definition) is 4. The number of rotatable bonds is 8. The topological polar surface area (TPSA) is 78.8 Å². The number of benzene rings is 3. The highest BCUT2D eigenvalue weighted by Gasteiger charge is 2.26. The summed E-state index contributed by atoms with van der Waals surface area (Å²) in [5.74, 6) is -0.546. The van der Waals surface area contributed by atoms with Gasteiger partial charge >= 0.3 is 0 Å². The van der Waals surface area contributed by atoms with Crippen LogP contribution < -0.4 is 5.43 Å². The van der Waals surface area contributed by atoms with Crippen LogP contribution in [0.15, 0.2) is 94.9 Å². The molecule has 6 nitrogen and oxygen atoms in total. The predicted octanol–water partition coefficient (Wildman–Crippen LogP) is 3.68. The van der Waals surface area contributed by atoms with Gasteiger partial charge in [0.2, 0.25) is 10.0 Å². The summed E-state index contributed by atoms with van der Waals surface area (Å²) < 4.78 is 27.3. The fourth-order valence-corrected chi connectivity index (χ4v) is 4.21. The highest BCUT2D eigenvalue weighted by atomic mass is 35.5. The highest BCUT2D eigenvalue weighted by molar-refractivity contribution is 7.89. The van der Waals surface area contributed by atoms with Crippen LogP contribution in [0.2, 0.25) is 5.02 Å². The number of halogens is 1. The first-order chi connectivity index (χ1) is 14.4. The van der Waals surface area contributed by atoms with E-state index in [2.05, 4.69) is 10.5 Å². The largest absolute Gasteiger partial charge is 0.272 e. The van der Waals surface area contributed by atoms with Gasteiger partial charge in [0, 0.05) is 11.6 Å². The Labute approximate surface area is 180 Å². The van der Waals surface area contributed by atoms with Gasteiger partial charge in [-0.2, -0.15) is 9.41 Å². The summed E-state index contributed by atoms with van der Waals surface area (Å²) in [5.41, 5.74) is 3.90. The van der Waals surface area contributed by atoms with Crippen LogP contribution in [0.1, 0.15) is 11.1 Å². The second-order valence-corrected chi connectivity index (χ2v) is 8.79. The molecule has 0 spiro atoms. The van der Waals surface area contributed by atoms with E-state index >= 15 is 0 Å². The van der Waals surface area contributed by atoms with Crippen LogP contribution in [0.5, 0.6) is 0 Å². The zero-order valence-corrected chi connectivity index (χ0v) is 17.6. The summed E-state index contributed by atoms with van der Waals surface area (Å²) in [5, 5.41) is 4.45. The zero-order valence-electron chi connectivity index (χ0n) is 16.0. The lowest BCUT2D eigenvalue weighted by molar-refractivity contribution is -0.121. The van der Waals surface area contributed by atoms with Gasteiger partial charge in [-0.25, -0.2) is 13.8 Å². The van der Waals surface area contributed by atoms with Crippen molar-refractivity contribution >= 4 is 33.7 Å². The second-order valence-electron chi connectivity index (χ2n) is 6.42. The molecule has 1 amide bonds. The van der Waals surface area contributed by atoms with E-state index in [1.165, 1.54) is 18.3 Å².